The molecule has 5 saturated carbocycles. The van der Waals surface area contributed by atoms with E-state index in [0.717, 1.165) is 36.1 Å². The van der Waals surface area contributed by atoms with Gasteiger partial charge in [0.15, 0.2) is 5.11 Å². The molecule has 7 rings (SSSR count). The first kappa shape index (κ1) is 21.3. The van der Waals surface area contributed by atoms with E-state index in [1.165, 1.54) is 68.7 Å². The van der Waals surface area contributed by atoms with E-state index in [1.807, 2.05) is 12.1 Å². The fourth-order valence-electron chi connectivity index (χ4n) is 7.82. The van der Waals surface area contributed by atoms with Crippen molar-refractivity contribution in [2.75, 3.05) is 0 Å². The molecule has 174 valence electrons. The monoisotopic (exact) mass is 462 g/mol. The second-order valence-corrected chi connectivity index (χ2v) is 11.6. The molecule has 0 unspecified atom stereocenters. The minimum absolute atomic E-state index is 0.206. The number of pyridine rings is 1. The van der Waals surface area contributed by atoms with Gasteiger partial charge in [-0.3, -0.25) is 15.6 Å². The van der Waals surface area contributed by atoms with E-state index < -0.39 is 0 Å². The van der Waals surface area contributed by atoms with E-state index in [4.69, 9.17) is 17.2 Å². The summed E-state index contributed by atoms with van der Waals surface area (Å²) >= 11 is 5.43. The molecule has 2 aromatic rings. The van der Waals surface area contributed by atoms with Crippen molar-refractivity contribution in [2.24, 2.45) is 17.8 Å². The van der Waals surface area contributed by atoms with Crippen LogP contribution in [0.4, 0.5) is 0 Å². The third-order valence-electron chi connectivity index (χ3n) is 8.79. The molecule has 1 aromatic heterocycles. The smallest absolute Gasteiger partial charge is 0.288 e. The molecule has 1 heterocycles. The molecule has 1 amide bonds. The van der Waals surface area contributed by atoms with Gasteiger partial charge in [-0.2, -0.15) is 0 Å². The molecule has 0 radical (unpaired) electrons. The Morgan fingerprint density at radius 3 is 2.30 bits per heavy atom. The Hall–Kier alpha value is -2.21. The Labute approximate surface area is 201 Å². The summed E-state index contributed by atoms with van der Waals surface area (Å²) in [5.74, 6) is 2.33. The largest absolute Gasteiger partial charge is 0.359 e. The van der Waals surface area contributed by atoms with Crippen molar-refractivity contribution in [1.82, 2.24) is 21.2 Å². The molecular weight excluding hydrogens is 428 g/mol. The van der Waals surface area contributed by atoms with Crippen LogP contribution in [0.15, 0.2) is 30.3 Å². The summed E-state index contributed by atoms with van der Waals surface area (Å²) in [6.07, 6.45) is 14.1. The van der Waals surface area contributed by atoms with Gasteiger partial charge in [-0.1, -0.05) is 37.5 Å². The zero-order valence-corrected chi connectivity index (χ0v) is 20.1. The minimum atomic E-state index is -0.223. The van der Waals surface area contributed by atoms with Crippen molar-refractivity contribution < 1.29 is 4.79 Å². The van der Waals surface area contributed by atoms with Crippen LogP contribution in [0.1, 0.15) is 86.7 Å². The molecule has 4 bridgehead atoms. The fraction of sp³-hybridized carbons (Fsp3) is 0.593. The third-order valence-corrected chi connectivity index (χ3v) is 9.01. The van der Waals surface area contributed by atoms with E-state index in [1.54, 1.807) is 0 Å². The molecule has 33 heavy (non-hydrogen) atoms. The lowest BCUT2D eigenvalue weighted by Gasteiger charge is -2.57. The SMILES string of the molecule is O=C(NNC(=S)NC1CCCCC1)c1cc(C23CC4CC(CC(C4)C2)C3)c2ccccc2n1. The summed E-state index contributed by atoms with van der Waals surface area (Å²) in [5, 5.41) is 5.05. The Kier molecular flexibility index (Phi) is 5.52. The molecule has 0 saturated heterocycles. The van der Waals surface area contributed by atoms with E-state index in [0.29, 0.717) is 16.8 Å². The van der Waals surface area contributed by atoms with Crippen LogP contribution in [0, 0.1) is 17.8 Å². The highest BCUT2D eigenvalue weighted by Gasteiger charge is 2.52. The van der Waals surface area contributed by atoms with Gasteiger partial charge < -0.3 is 5.32 Å². The Morgan fingerprint density at radius 1 is 0.939 bits per heavy atom. The van der Waals surface area contributed by atoms with Gasteiger partial charge in [0.05, 0.1) is 5.52 Å². The normalized spacial score (nSPS) is 30.8. The highest BCUT2D eigenvalue weighted by Crippen LogP contribution is 2.61. The van der Waals surface area contributed by atoms with Gasteiger partial charge in [0.1, 0.15) is 5.69 Å². The predicted molar refractivity (Wildman–Crippen MR) is 135 cm³/mol. The Bertz CT molecular complexity index is 1040. The molecule has 6 heteroatoms. The minimum Gasteiger partial charge on any atom is -0.359 e. The highest BCUT2D eigenvalue weighted by molar-refractivity contribution is 7.80. The quantitative estimate of drug-likeness (QED) is 0.435. The van der Waals surface area contributed by atoms with Crippen molar-refractivity contribution in [3.8, 4) is 0 Å². The molecular formula is C27H34N4OS. The molecule has 0 aliphatic heterocycles. The van der Waals surface area contributed by atoms with Crippen molar-refractivity contribution >= 4 is 34.1 Å². The van der Waals surface area contributed by atoms with Crippen LogP contribution in [-0.4, -0.2) is 22.0 Å². The number of nitrogens with zero attached hydrogens (tertiary/aromatic N) is 1. The summed E-state index contributed by atoms with van der Waals surface area (Å²) in [6, 6.07) is 10.8. The molecule has 0 spiro atoms. The fourth-order valence-corrected chi connectivity index (χ4v) is 8.03. The summed E-state index contributed by atoms with van der Waals surface area (Å²) in [4.78, 5) is 17.9. The number of hydrogen-bond donors (Lipinski definition) is 3. The molecule has 5 aliphatic carbocycles. The van der Waals surface area contributed by atoms with Gasteiger partial charge in [0, 0.05) is 11.4 Å². The van der Waals surface area contributed by atoms with Crippen molar-refractivity contribution in [3.63, 3.8) is 0 Å². The number of para-hydroxylation sites is 1. The van der Waals surface area contributed by atoms with Crippen LogP contribution in [0.25, 0.3) is 10.9 Å². The maximum absolute atomic E-state index is 13.1. The van der Waals surface area contributed by atoms with Gasteiger partial charge in [-0.05, 0) is 104 Å². The van der Waals surface area contributed by atoms with Crippen LogP contribution < -0.4 is 16.2 Å². The number of rotatable bonds is 3. The van der Waals surface area contributed by atoms with E-state index >= 15 is 0 Å². The van der Waals surface area contributed by atoms with Gasteiger partial charge in [0.2, 0.25) is 0 Å². The molecule has 5 aliphatic rings. The molecule has 3 N–H and O–H groups in total. The second-order valence-electron chi connectivity index (χ2n) is 11.2. The number of carbonyl (C=O) groups is 1. The van der Waals surface area contributed by atoms with Crippen molar-refractivity contribution in [1.29, 1.82) is 0 Å². The number of aromatic nitrogens is 1. The average Bonchev–Trinajstić information content (AvgIpc) is 2.81. The predicted octanol–water partition coefficient (Wildman–Crippen LogP) is 5.14. The van der Waals surface area contributed by atoms with Crippen LogP contribution in [0.2, 0.25) is 0 Å². The molecule has 0 atom stereocenters. The van der Waals surface area contributed by atoms with Crippen molar-refractivity contribution in [3.05, 3.63) is 41.6 Å². The van der Waals surface area contributed by atoms with E-state index in [9.17, 15) is 4.79 Å². The third kappa shape index (κ3) is 4.11. The first-order valence-electron chi connectivity index (χ1n) is 12.9. The van der Waals surface area contributed by atoms with E-state index in [2.05, 4.69) is 34.4 Å². The van der Waals surface area contributed by atoms with Crippen LogP contribution in [0.3, 0.4) is 0 Å². The van der Waals surface area contributed by atoms with E-state index in [-0.39, 0.29) is 11.3 Å². The number of fused-ring (bicyclic) bond motifs is 1. The highest BCUT2D eigenvalue weighted by atomic mass is 32.1. The second kappa shape index (κ2) is 8.53. The lowest BCUT2D eigenvalue weighted by molar-refractivity contribution is -0.00454. The summed E-state index contributed by atoms with van der Waals surface area (Å²) in [5.41, 5.74) is 8.66. The molecule has 1 aromatic carbocycles. The van der Waals surface area contributed by atoms with Gasteiger partial charge in [0.25, 0.3) is 5.91 Å². The summed E-state index contributed by atoms with van der Waals surface area (Å²) in [7, 11) is 0. The Balaban J connectivity index is 1.24. The lowest BCUT2D eigenvalue weighted by Crippen LogP contribution is -2.50. The summed E-state index contributed by atoms with van der Waals surface area (Å²) < 4.78 is 0. The first-order valence-corrected chi connectivity index (χ1v) is 13.3. The van der Waals surface area contributed by atoms with Crippen molar-refractivity contribution in [2.45, 2.75) is 82.1 Å². The Morgan fingerprint density at radius 2 is 1.61 bits per heavy atom. The molecule has 5 nitrogen and oxygen atoms in total. The standard InChI is InChI=1S/C27H34N4OS/c32-25(30-31-26(33)28-20-6-2-1-3-7-20)24-13-22(21-8-4-5-9-23(21)29-24)27-14-17-10-18(15-27)12-19(11-17)16-27/h4-5,8-9,13,17-20H,1-3,6-7,10-12,14-16H2,(H,30,32)(H2,28,31,33). The number of thiocarbonyl (C=S) groups is 1. The van der Waals surface area contributed by atoms with Crippen LogP contribution in [0.5, 0.6) is 0 Å². The number of amides is 1. The van der Waals surface area contributed by atoms with Crippen LogP contribution in [-0.2, 0) is 5.41 Å². The topological polar surface area (TPSA) is 66.1 Å². The number of nitrogens with one attached hydrogen (secondary N) is 3. The zero-order valence-electron chi connectivity index (χ0n) is 19.2. The maximum Gasteiger partial charge on any atom is 0.288 e. The van der Waals surface area contributed by atoms with Gasteiger partial charge in [-0.15, -0.1) is 0 Å². The van der Waals surface area contributed by atoms with Crippen LogP contribution >= 0.6 is 12.2 Å². The number of carbonyl (C=O) groups excluding carboxylic acids is 1. The molecule has 5 fully saturated rings. The number of hydrogen-bond acceptors (Lipinski definition) is 3. The average molecular weight is 463 g/mol. The van der Waals surface area contributed by atoms with Gasteiger partial charge in [-0.25, -0.2) is 4.98 Å². The lowest BCUT2D eigenvalue weighted by atomic mass is 9.48. The van der Waals surface area contributed by atoms with Gasteiger partial charge >= 0.3 is 0 Å². The number of benzene rings is 1. The zero-order chi connectivity index (χ0) is 22.4. The maximum atomic E-state index is 13.1. The summed E-state index contributed by atoms with van der Waals surface area (Å²) in [6.45, 7) is 0. The first-order chi connectivity index (χ1) is 16.1. The number of hydrazine groups is 1.